The Hall–Kier alpha value is -1.75. The highest BCUT2D eigenvalue weighted by Crippen LogP contribution is 2.34. The summed E-state index contributed by atoms with van der Waals surface area (Å²) in [4.78, 5) is 4.06. The summed E-state index contributed by atoms with van der Waals surface area (Å²) in [5, 5.41) is 4.82. The van der Waals surface area contributed by atoms with E-state index in [0.29, 0.717) is 16.6 Å². The van der Waals surface area contributed by atoms with Gasteiger partial charge in [0, 0.05) is 18.3 Å². The van der Waals surface area contributed by atoms with Gasteiger partial charge in [0.2, 0.25) is 0 Å². The number of rotatable bonds is 4. The Morgan fingerprint density at radius 2 is 2.22 bits per heavy atom. The van der Waals surface area contributed by atoms with Crippen LogP contribution < -0.4 is 10.5 Å². The van der Waals surface area contributed by atoms with Crippen molar-refractivity contribution in [1.29, 1.82) is 0 Å². The molecule has 0 aliphatic rings. The molecule has 0 amide bonds. The minimum absolute atomic E-state index is 0.413. The van der Waals surface area contributed by atoms with Gasteiger partial charge in [-0.15, -0.1) is 0 Å². The van der Waals surface area contributed by atoms with Crippen molar-refractivity contribution in [2.75, 3.05) is 12.8 Å². The Balaban J connectivity index is 2.60. The zero-order valence-electron chi connectivity index (χ0n) is 10.4. The monoisotopic (exact) mass is 266 g/mol. The maximum Gasteiger partial charge on any atom is 0.164 e. The fourth-order valence-electron chi connectivity index (χ4n) is 1.81. The highest BCUT2D eigenvalue weighted by molar-refractivity contribution is 6.30. The number of nitrogens with zero attached hydrogens (tertiary/aromatic N) is 3. The zero-order valence-corrected chi connectivity index (χ0v) is 11.1. The molecule has 6 heteroatoms. The summed E-state index contributed by atoms with van der Waals surface area (Å²) in [5.74, 6) is 1.08. The van der Waals surface area contributed by atoms with Gasteiger partial charge in [0.05, 0.1) is 18.3 Å². The Bertz CT molecular complexity index is 553. The minimum Gasteiger partial charge on any atom is -0.493 e. The van der Waals surface area contributed by atoms with Crippen molar-refractivity contribution in [3.8, 4) is 17.0 Å². The lowest BCUT2D eigenvalue weighted by atomic mass is 10.1. The van der Waals surface area contributed by atoms with Crippen LogP contribution in [-0.4, -0.2) is 21.9 Å². The topological polar surface area (TPSA) is 66.0 Å². The fourth-order valence-corrected chi connectivity index (χ4v) is 1.97. The summed E-state index contributed by atoms with van der Waals surface area (Å²) >= 11 is 5.97. The molecule has 5 nitrogen and oxygen atoms in total. The number of nitrogen functional groups attached to an aromatic ring is 1. The van der Waals surface area contributed by atoms with Crippen molar-refractivity contribution >= 4 is 17.4 Å². The normalized spacial score (nSPS) is 10.6. The van der Waals surface area contributed by atoms with Gasteiger partial charge < -0.3 is 10.5 Å². The number of anilines is 1. The van der Waals surface area contributed by atoms with E-state index >= 15 is 0 Å². The first-order valence-corrected chi connectivity index (χ1v) is 6.06. The van der Waals surface area contributed by atoms with E-state index in [4.69, 9.17) is 22.1 Å². The average Bonchev–Trinajstić information content (AvgIpc) is 2.75. The lowest BCUT2D eigenvalue weighted by molar-refractivity contribution is 0.415. The standard InChI is InChI=1S/C12H15ClN4O/c1-3-4-17-11(10(18-2)7-16-17)9-5-8(13)6-15-12(9)14/h5-7H,3-4H2,1-2H3,(H2,14,15). The number of aryl methyl sites for hydroxylation is 1. The van der Waals surface area contributed by atoms with Crippen LogP contribution in [-0.2, 0) is 6.54 Å². The van der Waals surface area contributed by atoms with Crippen molar-refractivity contribution in [2.24, 2.45) is 0 Å². The summed E-state index contributed by atoms with van der Waals surface area (Å²) < 4.78 is 7.16. The van der Waals surface area contributed by atoms with Crippen LogP contribution in [0, 0.1) is 0 Å². The van der Waals surface area contributed by atoms with Crippen LogP contribution in [0.2, 0.25) is 5.02 Å². The number of ether oxygens (including phenoxy) is 1. The van der Waals surface area contributed by atoms with E-state index in [-0.39, 0.29) is 0 Å². The molecule has 0 saturated carbocycles. The summed E-state index contributed by atoms with van der Waals surface area (Å²) in [6.45, 7) is 2.86. The second-order valence-corrected chi connectivity index (χ2v) is 4.31. The van der Waals surface area contributed by atoms with E-state index in [2.05, 4.69) is 17.0 Å². The molecule has 2 rings (SSSR count). The minimum atomic E-state index is 0.413. The maximum atomic E-state index is 5.97. The Kier molecular flexibility index (Phi) is 3.72. The molecule has 0 saturated heterocycles. The molecule has 2 aromatic rings. The Morgan fingerprint density at radius 3 is 2.89 bits per heavy atom. The van der Waals surface area contributed by atoms with Crippen LogP contribution in [0.5, 0.6) is 5.75 Å². The smallest absolute Gasteiger partial charge is 0.164 e. The molecule has 2 N–H and O–H groups in total. The highest BCUT2D eigenvalue weighted by atomic mass is 35.5. The summed E-state index contributed by atoms with van der Waals surface area (Å²) in [6.07, 6.45) is 4.16. The first-order chi connectivity index (χ1) is 8.67. The molecule has 0 fully saturated rings. The average molecular weight is 267 g/mol. The van der Waals surface area contributed by atoms with E-state index < -0.39 is 0 Å². The van der Waals surface area contributed by atoms with Gasteiger partial charge in [0.1, 0.15) is 11.5 Å². The van der Waals surface area contributed by atoms with Crippen molar-refractivity contribution in [1.82, 2.24) is 14.8 Å². The lowest BCUT2D eigenvalue weighted by Gasteiger charge is -2.10. The number of hydrogen-bond donors (Lipinski definition) is 1. The first-order valence-electron chi connectivity index (χ1n) is 5.68. The van der Waals surface area contributed by atoms with E-state index in [1.807, 2.05) is 4.68 Å². The van der Waals surface area contributed by atoms with Gasteiger partial charge in [-0.2, -0.15) is 5.10 Å². The third kappa shape index (κ3) is 2.26. The molecular formula is C12H15ClN4O. The van der Waals surface area contributed by atoms with Gasteiger partial charge in [0.15, 0.2) is 5.75 Å². The lowest BCUT2D eigenvalue weighted by Crippen LogP contribution is -2.04. The van der Waals surface area contributed by atoms with Crippen LogP contribution >= 0.6 is 11.6 Å². The van der Waals surface area contributed by atoms with Crippen LogP contribution in [0.25, 0.3) is 11.3 Å². The van der Waals surface area contributed by atoms with Crippen LogP contribution in [0.1, 0.15) is 13.3 Å². The molecule has 0 spiro atoms. The predicted octanol–water partition coefficient (Wildman–Crippen LogP) is 2.60. The molecule has 96 valence electrons. The molecule has 0 aromatic carbocycles. The Morgan fingerprint density at radius 1 is 1.44 bits per heavy atom. The van der Waals surface area contributed by atoms with E-state index in [0.717, 1.165) is 24.2 Å². The number of pyridine rings is 1. The quantitative estimate of drug-likeness (QED) is 0.924. The SMILES string of the molecule is CCCn1ncc(OC)c1-c1cc(Cl)cnc1N. The van der Waals surface area contributed by atoms with Crippen molar-refractivity contribution in [3.05, 3.63) is 23.5 Å². The third-order valence-corrected chi connectivity index (χ3v) is 2.81. The summed E-state index contributed by atoms with van der Waals surface area (Å²) in [7, 11) is 1.60. The molecule has 18 heavy (non-hydrogen) atoms. The zero-order chi connectivity index (χ0) is 13.1. The number of aromatic nitrogens is 3. The first kappa shape index (κ1) is 12.7. The molecule has 0 atom stereocenters. The van der Waals surface area contributed by atoms with Gasteiger partial charge in [-0.3, -0.25) is 4.68 Å². The van der Waals surface area contributed by atoms with Gasteiger partial charge in [-0.25, -0.2) is 4.98 Å². The van der Waals surface area contributed by atoms with Crippen LogP contribution in [0.15, 0.2) is 18.5 Å². The predicted molar refractivity (Wildman–Crippen MR) is 71.7 cm³/mol. The molecule has 0 radical (unpaired) electrons. The van der Waals surface area contributed by atoms with Gasteiger partial charge in [0.25, 0.3) is 0 Å². The second kappa shape index (κ2) is 5.27. The maximum absolute atomic E-state index is 5.97. The number of methoxy groups -OCH3 is 1. The highest BCUT2D eigenvalue weighted by Gasteiger charge is 2.16. The van der Waals surface area contributed by atoms with Crippen LogP contribution in [0.4, 0.5) is 5.82 Å². The summed E-state index contributed by atoms with van der Waals surface area (Å²) in [6, 6.07) is 1.77. The van der Waals surface area contributed by atoms with Crippen LogP contribution in [0.3, 0.4) is 0 Å². The fraction of sp³-hybridized carbons (Fsp3) is 0.333. The molecule has 2 heterocycles. The molecule has 2 aromatic heterocycles. The van der Waals surface area contributed by atoms with Gasteiger partial charge >= 0.3 is 0 Å². The Labute approximate surface area is 111 Å². The van der Waals surface area contributed by atoms with Gasteiger partial charge in [-0.05, 0) is 12.5 Å². The van der Waals surface area contributed by atoms with Gasteiger partial charge in [-0.1, -0.05) is 18.5 Å². The largest absolute Gasteiger partial charge is 0.493 e. The number of nitrogens with two attached hydrogens (primary N) is 1. The molecule has 0 unspecified atom stereocenters. The number of hydrogen-bond acceptors (Lipinski definition) is 4. The molecular weight excluding hydrogens is 252 g/mol. The van der Waals surface area contributed by atoms with E-state index in [1.54, 1.807) is 19.4 Å². The molecule has 0 bridgehead atoms. The molecule has 0 aliphatic heterocycles. The molecule has 0 aliphatic carbocycles. The second-order valence-electron chi connectivity index (χ2n) is 3.87. The third-order valence-electron chi connectivity index (χ3n) is 2.60. The van der Waals surface area contributed by atoms with E-state index in [9.17, 15) is 0 Å². The number of halogens is 1. The van der Waals surface area contributed by atoms with Crippen molar-refractivity contribution in [2.45, 2.75) is 19.9 Å². The van der Waals surface area contributed by atoms with Crippen molar-refractivity contribution < 1.29 is 4.74 Å². The van der Waals surface area contributed by atoms with Crippen molar-refractivity contribution in [3.63, 3.8) is 0 Å². The summed E-state index contributed by atoms with van der Waals surface area (Å²) in [5.41, 5.74) is 7.46. The van der Waals surface area contributed by atoms with E-state index in [1.165, 1.54) is 6.20 Å².